The number of benzene rings is 1. The van der Waals surface area contributed by atoms with Crippen molar-refractivity contribution in [2.45, 2.75) is 72.8 Å². The number of carbonyl (C=O) groups excluding carboxylic acids is 2. The first kappa shape index (κ1) is 28.6. The maximum atomic E-state index is 12.7. The average Bonchev–Trinajstić information content (AvgIpc) is 2.76. The minimum atomic E-state index is -0.397. The molecule has 7 heteroatoms. The van der Waals surface area contributed by atoms with Crippen molar-refractivity contribution in [2.75, 3.05) is 34.4 Å². The minimum Gasteiger partial charge on any atom is -0.493 e. The van der Waals surface area contributed by atoms with Crippen LogP contribution in [-0.2, 0) is 14.3 Å². The van der Waals surface area contributed by atoms with Crippen molar-refractivity contribution >= 4 is 12.4 Å². The number of carbonyl (C=O) groups is 2. The first-order chi connectivity index (χ1) is 15.5. The maximum Gasteiger partial charge on any atom is 0.310 e. The Morgan fingerprint density at radius 2 is 1.64 bits per heavy atom. The number of ether oxygens (including phenoxy) is 4. The monoisotopic (exact) mass is 465 g/mol. The van der Waals surface area contributed by atoms with Gasteiger partial charge in [-0.1, -0.05) is 41.0 Å². The molecule has 3 atom stereocenters. The largest absolute Gasteiger partial charge is 0.493 e. The van der Waals surface area contributed by atoms with E-state index >= 15 is 0 Å². The molecule has 0 N–H and O–H groups in total. The zero-order valence-corrected chi connectivity index (χ0v) is 21.9. The van der Waals surface area contributed by atoms with Gasteiger partial charge >= 0.3 is 5.97 Å². The molecule has 0 spiro atoms. The van der Waals surface area contributed by atoms with Crippen LogP contribution in [0.5, 0.6) is 17.2 Å². The molecular weight excluding hydrogens is 422 g/mol. The van der Waals surface area contributed by atoms with E-state index in [-0.39, 0.29) is 23.4 Å². The molecule has 0 heterocycles. The molecule has 0 aliphatic heterocycles. The molecule has 0 bridgehead atoms. The van der Waals surface area contributed by atoms with Gasteiger partial charge < -0.3 is 23.8 Å². The van der Waals surface area contributed by atoms with E-state index in [2.05, 4.69) is 27.7 Å². The Kier molecular flexibility index (Phi) is 11.5. The third-order valence-electron chi connectivity index (χ3n) is 5.88. The normalized spacial score (nSPS) is 14.1. The van der Waals surface area contributed by atoms with Crippen LogP contribution in [0.4, 0.5) is 0 Å². The van der Waals surface area contributed by atoms with E-state index in [1.807, 2.05) is 19.1 Å². The predicted molar refractivity (Wildman–Crippen MR) is 130 cm³/mol. The van der Waals surface area contributed by atoms with Gasteiger partial charge in [-0.25, -0.2) is 0 Å². The zero-order valence-electron chi connectivity index (χ0n) is 21.9. The molecule has 1 rings (SSSR count). The lowest BCUT2D eigenvalue weighted by Crippen LogP contribution is -2.38. The molecule has 33 heavy (non-hydrogen) atoms. The Morgan fingerprint density at radius 1 is 1.06 bits per heavy atom. The second kappa shape index (κ2) is 13.3. The third kappa shape index (κ3) is 8.78. The van der Waals surface area contributed by atoms with Crippen LogP contribution in [0.25, 0.3) is 0 Å². The Balaban J connectivity index is 2.74. The summed E-state index contributed by atoms with van der Waals surface area (Å²) in [5.41, 5.74) is 1.02. The lowest BCUT2D eigenvalue weighted by atomic mass is 9.87. The van der Waals surface area contributed by atoms with E-state index in [0.29, 0.717) is 36.8 Å². The molecule has 0 saturated carbocycles. The third-order valence-corrected chi connectivity index (χ3v) is 5.88. The highest BCUT2D eigenvalue weighted by molar-refractivity contribution is 5.72. The van der Waals surface area contributed by atoms with Gasteiger partial charge in [0, 0.05) is 13.1 Å². The molecule has 0 fully saturated rings. The SMILES string of the molecule is CCCC(C)(C)CN(C=O)CC(C)C(=O)OC(C)CC(C)c1cc(OC)c(OC)c(OC)c1. The van der Waals surface area contributed by atoms with Crippen LogP contribution in [-0.4, -0.2) is 57.8 Å². The summed E-state index contributed by atoms with van der Waals surface area (Å²) in [7, 11) is 4.75. The summed E-state index contributed by atoms with van der Waals surface area (Å²) in [5.74, 6) is 1.14. The summed E-state index contributed by atoms with van der Waals surface area (Å²) in [5, 5.41) is 0. The second-order valence-corrected chi connectivity index (χ2v) is 9.69. The summed E-state index contributed by atoms with van der Waals surface area (Å²) in [6.45, 7) is 13.2. The fraction of sp³-hybridized carbons (Fsp3) is 0.692. The molecule has 1 aromatic carbocycles. The molecule has 7 nitrogen and oxygen atoms in total. The van der Waals surface area contributed by atoms with E-state index in [1.54, 1.807) is 33.2 Å². The van der Waals surface area contributed by atoms with Crippen LogP contribution in [0.1, 0.15) is 72.3 Å². The van der Waals surface area contributed by atoms with Crippen molar-refractivity contribution in [3.8, 4) is 17.2 Å². The Bertz CT molecular complexity index is 738. The number of nitrogens with zero attached hydrogens (tertiary/aromatic N) is 1. The molecular formula is C26H43NO6. The quantitative estimate of drug-likeness (QED) is 0.266. The van der Waals surface area contributed by atoms with Crippen LogP contribution in [0.2, 0.25) is 0 Å². The van der Waals surface area contributed by atoms with Crippen molar-refractivity contribution in [1.29, 1.82) is 0 Å². The first-order valence-corrected chi connectivity index (χ1v) is 11.7. The highest BCUT2D eigenvalue weighted by Crippen LogP contribution is 2.40. The van der Waals surface area contributed by atoms with Crippen LogP contribution in [0.3, 0.4) is 0 Å². The van der Waals surface area contributed by atoms with Gasteiger partial charge in [0.05, 0.1) is 33.4 Å². The van der Waals surface area contributed by atoms with Gasteiger partial charge in [0.1, 0.15) is 0 Å². The highest BCUT2D eigenvalue weighted by atomic mass is 16.5. The van der Waals surface area contributed by atoms with Crippen molar-refractivity contribution in [3.05, 3.63) is 17.7 Å². The summed E-state index contributed by atoms with van der Waals surface area (Å²) < 4.78 is 22.0. The smallest absolute Gasteiger partial charge is 0.310 e. The van der Waals surface area contributed by atoms with Gasteiger partial charge in [-0.2, -0.15) is 0 Å². The van der Waals surface area contributed by atoms with E-state index in [1.165, 1.54) is 0 Å². The summed E-state index contributed by atoms with van der Waals surface area (Å²) in [4.78, 5) is 25.9. The van der Waals surface area contributed by atoms with Gasteiger partial charge in [-0.05, 0) is 48.8 Å². The number of methoxy groups -OCH3 is 3. The van der Waals surface area contributed by atoms with Crippen molar-refractivity contribution < 1.29 is 28.5 Å². The average molecular weight is 466 g/mol. The van der Waals surface area contributed by atoms with Gasteiger partial charge in [0.15, 0.2) is 11.5 Å². The Labute approximate surface area is 199 Å². The van der Waals surface area contributed by atoms with E-state index in [4.69, 9.17) is 18.9 Å². The van der Waals surface area contributed by atoms with E-state index < -0.39 is 5.92 Å². The van der Waals surface area contributed by atoms with E-state index in [0.717, 1.165) is 24.8 Å². The molecule has 0 saturated heterocycles. The predicted octanol–water partition coefficient (Wildman–Crippen LogP) is 5.06. The van der Waals surface area contributed by atoms with Gasteiger partial charge in [-0.15, -0.1) is 0 Å². The maximum absolute atomic E-state index is 12.7. The lowest BCUT2D eigenvalue weighted by Gasteiger charge is -2.31. The molecule has 0 aliphatic carbocycles. The minimum absolute atomic E-state index is 0.0164. The molecule has 1 aromatic rings. The van der Waals surface area contributed by atoms with Gasteiger partial charge in [0.2, 0.25) is 12.2 Å². The fourth-order valence-electron chi connectivity index (χ4n) is 4.26. The van der Waals surface area contributed by atoms with Crippen molar-refractivity contribution in [1.82, 2.24) is 4.90 Å². The summed E-state index contributed by atoms with van der Waals surface area (Å²) in [6, 6.07) is 3.84. The molecule has 1 amide bonds. The standard InChI is InChI=1S/C26H43NO6/c1-10-11-26(5,6)16-27(17-28)15-19(3)25(29)33-20(4)12-18(2)21-13-22(30-7)24(32-9)23(14-21)31-8/h13-14,17-20H,10-12,15-16H2,1-9H3. The van der Waals surface area contributed by atoms with Crippen LogP contribution in [0, 0.1) is 11.3 Å². The molecule has 3 unspecified atom stereocenters. The van der Waals surface area contributed by atoms with Gasteiger partial charge in [0.25, 0.3) is 0 Å². The van der Waals surface area contributed by atoms with Crippen LogP contribution >= 0.6 is 0 Å². The van der Waals surface area contributed by atoms with E-state index in [9.17, 15) is 9.59 Å². The Morgan fingerprint density at radius 3 is 2.09 bits per heavy atom. The second-order valence-electron chi connectivity index (χ2n) is 9.69. The number of hydrogen-bond acceptors (Lipinski definition) is 6. The van der Waals surface area contributed by atoms with Crippen LogP contribution < -0.4 is 14.2 Å². The molecule has 0 aliphatic rings. The number of hydrogen-bond donors (Lipinski definition) is 0. The highest BCUT2D eigenvalue weighted by Gasteiger charge is 2.26. The Hall–Kier alpha value is -2.44. The zero-order chi connectivity index (χ0) is 25.2. The summed E-state index contributed by atoms with van der Waals surface area (Å²) >= 11 is 0. The van der Waals surface area contributed by atoms with Crippen LogP contribution in [0.15, 0.2) is 12.1 Å². The number of esters is 1. The summed E-state index contributed by atoms with van der Waals surface area (Å²) in [6.07, 6.45) is 3.26. The lowest BCUT2D eigenvalue weighted by molar-refractivity contribution is -0.154. The molecule has 0 radical (unpaired) electrons. The molecule has 0 aromatic heterocycles. The fourth-order valence-corrected chi connectivity index (χ4v) is 4.26. The topological polar surface area (TPSA) is 74.3 Å². The number of amides is 1. The number of rotatable bonds is 15. The first-order valence-electron chi connectivity index (χ1n) is 11.7. The van der Waals surface area contributed by atoms with Gasteiger partial charge in [-0.3, -0.25) is 9.59 Å². The van der Waals surface area contributed by atoms with Crippen molar-refractivity contribution in [3.63, 3.8) is 0 Å². The molecule has 188 valence electrons. The van der Waals surface area contributed by atoms with Crippen molar-refractivity contribution in [2.24, 2.45) is 11.3 Å².